The first-order valence-corrected chi connectivity index (χ1v) is 8.44. The highest BCUT2D eigenvalue weighted by Crippen LogP contribution is 2.25. The van der Waals surface area contributed by atoms with Crippen LogP contribution in [0.2, 0.25) is 0 Å². The van der Waals surface area contributed by atoms with Gasteiger partial charge in [-0.3, -0.25) is 9.59 Å². The lowest BCUT2D eigenvalue weighted by Crippen LogP contribution is -2.15. The normalized spacial score (nSPS) is 10.2. The molecule has 0 bridgehead atoms. The highest BCUT2D eigenvalue weighted by atomic mass is 79.9. The monoisotopic (exact) mass is 390 g/mol. The van der Waals surface area contributed by atoms with Gasteiger partial charge in [0, 0.05) is 15.7 Å². The summed E-state index contributed by atoms with van der Waals surface area (Å²) in [7, 11) is 0. The van der Waals surface area contributed by atoms with Crippen LogP contribution in [-0.4, -0.2) is 18.4 Å². The van der Waals surface area contributed by atoms with Gasteiger partial charge in [-0.05, 0) is 42.8 Å². The van der Waals surface area contributed by atoms with Crippen LogP contribution in [0.1, 0.15) is 40.5 Å². The van der Waals surface area contributed by atoms with Crippen LogP contribution in [0, 0.1) is 0 Å². The summed E-state index contributed by atoms with van der Waals surface area (Å²) in [6, 6.07) is 11.8. The second-order valence-corrected chi connectivity index (χ2v) is 6.16. The highest BCUT2D eigenvalue weighted by Gasteiger charge is 2.14. The van der Waals surface area contributed by atoms with E-state index in [-0.39, 0.29) is 5.91 Å². The average molecular weight is 391 g/mol. The second kappa shape index (κ2) is 8.49. The Labute approximate surface area is 149 Å². The maximum atomic E-state index is 12.6. The molecule has 2 amide bonds. The van der Waals surface area contributed by atoms with E-state index in [1.54, 1.807) is 30.3 Å². The summed E-state index contributed by atoms with van der Waals surface area (Å²) < 4.78 is 6.48. The van der Waals surface area contributed by atoms with Crippen molar-refractivity contribution in [1.29, 1.82) is 0 Å². The third kappa shape index (κ3) is 4.83. The van der Waals surface area contributed by atoms with Crippen molar-refractivity contribution in [3.05, 3.63) is 58.1 Å². The third-order valence-corrected chi connectivity index (χ3v) is 3.84. The molecule has 0 atom stereocenters. The maximum Gasteiger partial charge on any atom is 0.259 e. The summed E-state index contributed by atoms with van der Waals surface area (Å²) in [6.45, 7) is 2.62. The molecular weight excluding hydrogens is 372 g/mol. The van der Waals surface area contributed by atoms with Gasteiger partial charge in [-0.2, -0.15) is 0 Å². The lowest BCUT2D eigenvalue weighted by molar-refractivity contribution is 0.0995. The number of amides is 2. The number of carbonyl (C=O) groups is 2. The van der Waals surface area contributed by atoms with Gasteiger partial charge >= 0.3 is 0 Å². The largest absolute Gasteiger partial charge is 0.493 e. The molecular formula is C18H19BrN2O3. The smallest absolute Gasteiger partial charge is 0.259 e. The van der Waals surface area contributed by atoms with E-state index in [0.717, 1.165) is 17.3 Å². The minimum atomic E-state index is -0.544. The molecule has 0 fully saturated rings. The predicted octanol–water partition coefficient (Wildman–Crippen LogP) is 3.98. The second-order valence-electron chi connectivity index (χ2n) is 5.24. The number of primary amides is 1. The van der Waals surface area contributed by atoms with E-state index >= 15 is 0 Å². The average Bonchev–Trinajstić information content (AvgIpc) is 2.56. The fourth-order valence-electron chi connectivity index (χ4n) is 2.08. The molecule has 126 valence electrons. The highest BCUT2D eigenvalue weighted by molar-refractivity contribution is 9.10. The van der Waals surface area contributed by atoms with Gasteiger partial charge in [-0.25, -0.2) is 0 Å². The molecule has 6 heteroatoms. The van der Waals surface area contributed by atoms with Crippen LogP contribution in [-0.2, 0) is 0 Å². The molecule has 24 heavy (non-hydrogen) atoms. The lowest BCUT2D eigenvalue weighted by Gasteiger charge is -2.12. The van der Waals surface area contributed by atoms with E-state index in [2.05, 4.69) is 28.2 Å². The van der Waals surface area contributed by atoms with E-state index in [1.807, 2.05) is 6.07 Å². The summed E-state index contributed by atoms with van der Waals surface area (Å²) in [5, 5.41) is 2.76. The fourth-order valence-corrected chi connectivity index (χ4v) is 2.44. The standard InChI is InChI=1S/C18H19BrN2O3/c1-2-3-9-24-16-8-7-13(19)11-15(16)18(23)21-14-6-4-5-12(10-14)17(20)22/h4-8,10-11H,2-3,9H2,1H3,(H2,20,22)(H,21,23). The molecule has 0 heterocycles. The SMILES string of the molecule is CCCCOc1ccc(Br)cc1C(=O)Nc1cccc(C(N)=O)c1. The number of hydrogen-bond acceptors (Lipinski definition) is 3. The number of hydrogen-bond donors (Lipinski definition) is 2. The zero-order chi connectivity index (χ0) is 17.5. The van der Waals surface area contributed by atoms with Crippen LogP contribution in [0.4, 0.5) is 5.69 Å². The molecule has 0 aliphatic heterocycles. The number of nitrogens with two attached hydrogens (primary N) is 1. The fraction of sp³-hybridized carbons (Fsp3) is 0.222. The lowest BCUT2D eigenvalue weighted by atomic mass is 10.1. The van der Waals surface area contributed by atoms with Gasteiger partial charge < -0.3 is 15.8 Å². The van der Waals surface area contributed by atoms with Crippen LogP contribution in [0.3, 0.4) is 0 Å². The Kier molecular flexibility index (Phi) is 6.37. The molecule has 0 saturated heterocycles. The first-order valence-electron chi connectivity index (χ1n) is 7.65. The Bertz CT molecular complexity index is 747. The summed E-state index contributed by atoms with van der Waals surface area (Å²) >= 11 is 3.37. The molecule has 0 saturated carbocycles. The molecule has 0 radical (unpaired) electrons. The summed E-state index contributed by atoms with van der Waals surface area (Å²) in [6.07, 6.45) is 1.93. The first-order chi connectivity index (χ1) is 11.5. The number of rotatable bonds is 7. The van der Waals surface area contributed by atoms with Crippen molar-refractivity contribution in [1.82, 2.24) is 0 Å². The number of halogens is 1. The van der Waals surface area contributed by atoms with Gasteiger partial charge in [-0.1, -0.05) is 35.3 Å². The third-order valence-electron chi connectivity index (χ3n) is 3.35. The molecule has 0 spiro atoms. The minimum Gasteiger partial charge on any atom is -0.493 e. The molecule has 2 aromatic rings. The Balaban J connectivity index is 2.21. The molecule has 2 aromatic carbocycles. The summed E-state index contributed by atoms with van der Waals surface area (Å²) in [5.41, 5.74) is 6.51. The van der Waals surface area contributed by atoms with Crippen molar-refractivity contribution in [2.75, 3.05) is 11.9 Å². The predicted molar refractivity (Wildman–Crippen MR) is 97.5 cm³/mol. The number of unbranched alkanes of at least 4 members (excludes halogenated alkanes) is 1. The van der Waals surface area contributed by atoms with Crippen molar-refractivity contribution >= 4 is 33.4 Å². The van der Waals surface area contributed by atoms with Crippen molar-refractivity contribution < 1.29 is 14.3 Å². The molecule has 0 aliphatic carbocycles. The van der Waals surface area contributed by atoms with E-state index < -0.39 is 5.91 Å². The minimum absolute atomic E-state index is 0.315. The zero-order valence-corrected chi connectivity index (χ0v) is 14.9. The topological polar surface area (TPSA) is 81.4 Å². The van der Waals surface area contributed by atoms with E-state index in [4.69, 9.17) is 10.5 Å². The van der Waals surface area contributed by atoms with Gasteiger partial charge in [0.1, 0.15) is 5.75 Å². The summed E-state index contributed by atoms with van der Waals surface area (Å²) in [5.74, 6) is -0.336. The van der Waals surface area contributed by atoms with Crippen LogP contribution in [0.15, 0.2) is 46.9 Å². The van der Waals surface area contributed by atoms with Crippen LogP contribution in [0.5, 0.6) is 5.75 Å². The van der Waals surface area contributed by atoms with Crippen LogP contribution in [0.25, 0.3) is 0 Å². The molecule has 0 aliphatic rings. The Hall–Kier alpha value is -2.34. The van der Waals surface area contributed by atoms with Gasteiger partial charge in [0.05, 0.1) is 12.2 Å². The van der Waals surface area contributed by atoms with Crippen molar-refractivity contribution in [3.63, 3.8) is 0 Å². The van der Waals surface area contributed by atoms with Gasteiger partial charge in [0.2, 0.25) is 5.91 Å². The van der Waals surface area contributed by atoms with Crippen molar-refractivity contribution in [2.24, 2.45) is 5.73 Å². The first kappa shape index (κ1) is 18.0. The van der Waals surface area contributed by atoms with E-state index in [1.165, 1.54) is 6.07 Å². The molecule has 3 N–H and O–H groups in total. The number of anilines is 1. The molecule has 5 nitrogen and oxygen atoms in total. The number of nitrogens with one attached hydrogen (secondary N) is 1. The number of ether oxygens (including phenoxy) is 1. The van der Waals surface area contributed by atoms with Gasteiger partial charge in [0.15, 0.2) is 0 Å². The van der Waals surface area contributed by atoms with Crippen molar-refractivity contribution in [2.45, 2.75) is 19.8 Å². The Morgan fingerprint density at radius 3 is 2.71 bits per heavy atom. The quantitative estimate of drug-likeness (QED) is 0.701. The molecule has 0 unspecified atom stereocenters. The molecule has 2 rings (SSSR count). The van der Waals surface area contributed by atoms with Crippen LogP contribution >= 0.6 is 15.9 Å². The number of carbonyl (C=O) groups excluding carboxylic acids is 2. The summed E-state index contributed by atoms with van der Waals surface area (Å²) in [4.78, 5) is 23.8. The van der Waals surface area contributed by atoms with Crippen molar-refractivity contribution in [3.8, 4) is 5.75 Å². The van der Waals surface area contributed by atoms with Gasteiger partial charge in [0.25, 0.3) is 5.91 Å². The van der Waals surface area contributed by atoms with Gasteiger partial charge in [-0.15, -0.1) is 0 Å². The Morgan fingerprint density at radius 1 is 1.21 bits per heavy atom. The molecule has 0 aromatic heterocycles. The van der Waals surface area contributed by atoms with Crippen LogP contribution < -0.4 is 15.8 Å². The maximum absolute atomic E-state index is 12.6. The Morgan fingerprint density at radius 2 is 2.00 bits per heavy atom. The van der Waals surface area contributed by atoms with E-state index in [9.17, 15) is 9.59 Å². The van der Waals surface area contributed by atoms with E-state index in [0.29, 0.717) is 29.2 Å². The zero-order valence-electron chi connectivity index (χ0n) is 13.3. The number of benzene rings is 2.